The Hall–Kier alpha value is -0.960. The number of thiophene rings is 1. The molecule has 2 N–H and O–H groups in total. The van der Waals surface area contributed by atoms with Crippen molar-refractivity contribution in [3.05, 3.63) is 38.1 Å². The summed E-state index contributed by atoms with van der Waals surface area (Å²) < 4.78 is 28.1. The number of aryl methyl sites for hydroxylation is 2. The number of nitrogens with zero attached hydrogens (tertiary/aromatic N) is 1. The predicted molar refractivity (Wildman–Crippen MR) is 89.3 cm³/mol. The Morgan fingerprint density at radius 2 is 2.05 bits per heavy atom. The van der Waals surface area contributed by atoms with Crippen LogP contribution in [0.25, 0.3) is 0 Å². The lowest BCUT2D eigenvalue weighted by molar-refractivity contribution is 0.581. The number of hydrogen-bond acceptors (Lipinski definition) is 5. The molecule has 2 rings (SSSR count). The summed E-state index contributed by atoms with van der Waals surface area (Å²) in [5.74, 6) is 0.323. The molecule has 114 valence electrons. The van der Waals surface area contributed by atoms with Gasteiger partial charge in [-0.2, -0.15) is 0 Å². The highest BCUT2D eigenvalue weighted by atomic mass is 79.9. The molecule has 0 aliphatic carbocycles. The van der Waals surface area contributed by atoms with E-state index in [0.29, 0.717) is 10.3 Å². The van der Waals surface area contributed by atoms with Crippen molar-refractivity contribution in [2.45, 2.75) is 25.3 Å². The molecule has 0 saturated carbocycles. The van der Waals surface area contributed by atoms with Gasteiger partial charge in [-0.1, -0.05) is 0 Å². The minimum atomic E-state index is -3.63. The summed E-state index contributed by atoms with van der Waals surface area (Å²) in [5, 5.41) is 2.79. The van der Waals surface area contributed by atoms with E-state index in [9.17, 15) is 8.42 Å². The molecule has 8 heteroatoms. The number of pyridine rings is 1. The normalized spacial score (nSPS) is 11.6. The van der Waals surface area contributed by atoms with Gasteiger partial charge in [-0.15, -0.1) is 11.3 Å². The van der Waals surface area contributed by atoms with Crippen LogP contribution in [0.15, 0.2) is 27.7 Å². The molecule has 5 nitrogen and oxygen atoms in total. The molecule has 0 unspecified atom stereocenters. The molecule has 2 aromatic rings. The van der Waals surface area contributed by atoms with Gasteiger partial charge in [-0.05, 0) is 47.5 Å². The Morgan fingerprint density at radius 1 is 1.33 bits per heavy atom. The van der Waals surface area contributed by atoms with E-state index in [1.54, 1.807) is 24.6 Å². The zero-order valence-corrected chi connectivity index (χ0v) is 15.1. The molecule has 21 heavy (non-hydrogen) atoms. The summed E-state index contributed by atoms with van der Waals surface area (Å²) in [7, 11) is -1.99. The van der Waals surface area contributed by atoms with Gasteiger partial charge < -0.3 is 5.32 Å². The minimum Gasteiger partial charge on any atom is -0.372 e. The van der Waals surface area contributed by atoms with Crippen molar-refractivity contribution in [1.82, 2.24) is 9.71 Å². The molecule has 0 aliphatic rings. The van der Waals surface area contributed by atoms with Gasteiger partial charge in [0.25, 0.3) is 0 Å². The highest BCUT2D eigenvalue weighted by Crippen LogP contribution is 2.24. The molecular weight excluding hydrogens is 374 g/mol. The second-order valence-corrected chi connectivity index (χ2v) is 8.52. The van der Waals surface area contributed by atoms with E-state index in [-0.39, 0.29) is 11.4 Å². The molecule has 0 saturated heterocycles. The van der Waals surface area contributed by atoms with E-state index < -0.39 is 10.0 Å². The SMILES string of the molecule is CNc1ncc(Br)cc1S(=O)(=O)NCc1cc(C)c(C)s1. The van der Waals surface area contributed by atoms with Crippen LogP contribution in [-0.4, -0.2) is 20.4 Å². The van der Waals surface area contributed by atoms with Crippen LogP contribution in [0.1, 0.15) is 15.3 Å². The summed E-state index contributed by atoms with van der Waals surface area (Å²) >= 11 is 4.84. The zero-order chi connectivity index (χ0) is 15.6. The van der Waals surface area contributed by atoms with Crippen LogP contribution in [0, 0.1) is 13.8 Å². The van der Waals surface area contributed by atoms with Crippen LogP contribution in [0.3, 0.4) is 0 Å². The molecule has 0 aromatic carbocycles. The Balaban J connectivity index is 2.24. The summed E-state index contributed by atoms with van der Waals surface area (Å²) in [6.45, 7) is 4.31. The van der Waals surface area contributed by atoms with Gasteiger partial charge in [-0.3, -0.25) is 0 Å². The number of halogens is 1. The first-order chi connectivity index (χ1) is 9.83. The summed E-state index contributed by atoms with van der Waals surface area (Å²) in [4.78, 5) is 6.38. The Kier molecular flexibility index (Phi) is 5.03. The molecule has 0 amide bonds. The monoisotopic (exact) mass is 389 g/mol. The third kappa shape index (κ3) is 3.82. The predicted octanol–water partition coefficient (Wildman–Crippen LogP) is 3.04. The minimum absolute atomic E-state index is 0.129. The molecular formula is C13H16BrN3O2S2. The number of rotatable bonds is 5. The second-order valence-electron chi connectivity index (χ2n) is 4.53. The number of anilines is 1. The molecule has 0 fully saturated rings. The van der Waals surface area contributed by atoms with Crippen LogP contribution in [0.5, 0.6) is 0 Å². The first-order valence-corrected chi connectivity index (χ1v) is 9.31. The van der Waals surface area contributed by atoms with Crippen molar-refractivity contribution >= 4 is 43.1 Å². The van der Waals surface area contributed by atoms with Crippen molar-refractivity contribution in [1.29, 1.82) is 0 Å². The largest absolute Gasteiger partial charge is 0.372 e. The van der Waals surface area contributed by atoms with Gasteiger partial charge in [0.05, 0.1) is 0 Å². The van der Waals surface area contributed by atoms with Crippen LogP contribution in [0.2, 0.25) is 0 Å². The third-order valence-electron chi connectivity index (χ3n) is 3.00. The number of aromatic nitrogens is 1. The van der Waals surface area contributed by atoms with Crippen molar-refractivity contribution in [3.8, 4) is 0 Å². The smallest absolute Gasteiger partial charge is 0.244 e. The van der Waals surface area contributed by atoms with Crippen molar-refractivity contribution in [2.75, 3.05) is 12.4 Å². The maximum atomic E-state index is 12.4. The fraction of sp³-hybridized carbons (Fsp3) is 0.308. The molecule has 0 radical (unpaired) electrons. The molecule has 0 spiro atoms. The molecule has 2 heterocycles. The molecule has 0 atom stereocenters. The Morgan fingerprint density at radius 3 is 2.62 bits per heavy atom. The van der Waals surface area contributed by atoms with Crippen LogP contribution in [0.4, 0.5) is 5.82 Å². The van der Waals surface area contributed by atoms with Crippen molar-refractivity contribution in [3.63, 3.8) is 0 Å². The number of hydrogen-bond donors (Lipinski definition) is 2. The Labute approximate surface area is 137 Å². The van der Waals surface area contributed by atoms with Gasteiger partial charge in [-0.25, -0.2) is 18.1 Å². The van der Waals surface area contributed by atoms with Gasteiger partial charge in [0.2, 0.25) is 10.0 Å². The van der Waals surface area contributed by atoms with Gasteiger partial charge in [0, 0.05) is 34.0 Å². The fourth-order valence-corrected chi connectivity index (χ4v) is 4.55. The third-order valence-corrected chi connectivity index (χ3v) is 6.00. The average molecular weight is 390 g/mol. The van der Waals surface area contributed by atoms with Crippen molar-refractivity contribution < 1.29 is 8.42 Å². The van der Waals surface area contributed by atoms with E-state index in [2.05, 4.69) is 31.0 Å². The van der Waals surface area contributed by atoms with Crippen LogP contribution >= 0.6 is 27.3 Å². The van der Waals surface area contributed by atoms with Gasteiger partial charge >= 0.3 is 0 Å². The van der Waals surface area contributed by atoms with Gasteiger partial charge in [0.15, 0.2) is 0 Å². The maximum absolute atomic E-state index is 12.4. The lowest BCUT2D eigenvalue weighted by Gasteiger charge is -2.10. The van der Waals surface area contributed by atoms with E-state index in [4.69, 9.17) is 0 Å². The molecule has 2 aromatic heterocycles. The Bertz CT molecular complexity index is 737. The standard InChI is InChI=1S/C13H16BrN3O2S2/c1-8-4-11(20-9(8)2)7-17-21(18,19)12-5-10(14)6-16-13(12)15-3/h4-6,17H,7H2,1-3H3,(H,15,16). The molecule has 0 aliphatic heterocycles. The zero-order valence-electron chi connectivity index (χ0n) is 11.9. The first-order valence-electron chi connectivity index (χ1n) is 6.22. The summed E-state index contributed by atoms with van der Waals surface area (Å²) in [6.07, 6.45) is 1.55. The highest BCUT2D eigenvalue weighted by molar-refractivity contribution is 9.10. The lowest BCUT2D eigenvalue weighted by Crippen LogP contribution is -2.24. The maximum Gasteiger partial charge on any atom is 0.244 e. The fourth-order valence-electron chi connectivity index (χ4n) is 1.79. The number of sulfonamides is 1. The van der Waals surface area contributed by atoms with Gasteiger partial charge in [0.1, 0.15) is 10.7 Å². The van der Waals surface area contributed by atoms with Crippen LogP contribution in [-0.2, 0) is 16.6 Å². The topological polar surface area (TPSA) is 71.1 Å². The number of nitrogens with one attached hydrogen (secondary N) is 2. The second kappa shape index (κ2) is 6.43. The van der Waals surface area contributed by atoms with E-state index >= 15 is 0 Å². The average Bonchev–Trinajstić information content (AvgIpc) is 2.76. The van der Waals surface area contributed by atoms with E-state index in [1.165, 1.54) is 16.5 Å². The van der Waals surface area contributed by atoms with E-state index in [0.717, 1.165) is 4.88 Å². The quantitative estimate of drug-likeness (QED) is 0.823. The summed E-state index contributed by atoms with van der Waals surface area (Å²) in [6, 6.07) is 3.53. The highest BCUT2D eigenvalue weighted by Gasteiger charge is 2.20. The van der Waals surface area contributed by atoms with Crippen LogP contribution < -0.4 is 10.0 Å². The lowest BCUT2D eigenvalue weighted by atomic mass is 10.3. The van der Waals surface area contributed by atoms with Crippen molar-refractivity contribution in [2.24, 2.45) is 0 Å². The van der Waals surface area contributed by atoms with E-state index in [1.807, 2.05) is 19.9 Å². The summed E-state index contributed by atoms with van der Waals surface area (Å²) in [5.41, 5.74) is 1.18. The first kappa shape index (κ1) is 16.4. The molecule has 0 bridgehead atoms.